The molecule has 0 saturated carbocycles. The molecular weight excluding hydrogens is 372 g/mol. The van der Waals surface area contributed by atoms with Crippen LogP contribution in [0.2, 0.25) is 0 Å². The van der Waals surface area contributed by atoms with Gasteiger partial charge in [0, 0.05) is 24.1 Å². The van der Waals surface area contributed by atoms with Crippen molar-refractivity contribution in [1.82, 2.24) is 24.7 Å². The number of rotatable bonds is 5. The number of carbonyl (C=O) groups excluding carboxylic acids is 1. The van der Waals surface area contributed by atoms with Crippen LogP contribution >= 0.6 is 0 Å². The third kappa shape index (κ3) is 3.84. The number of aryl methyl sites for hydroxylation is 3. The van der Waals surface area contributed by atoms with E-state index in [1.54, 1.807) is 50.4 Å². The molecule has 146 valence electrons. The van der Waals surface area contributed by atoms with Gasteiger partial charge >= 0.3 is 0 Å². The number of anilines is 1. The van der Waals surface area contributed by atoms with Crippen LogP contribution in [-0.4, -0.2) is 30.6 Å². The lowest BCUT2D eigenvalue weighted by atomic mass is 10.2. The highest BCUT2D eigenvalue weighted by Gasteiger charge is 2.17. The molecule has 0 bridgehead atoms. The van der Waals surface area contributed by atoms with Crippen LogP contribution in [0.4, 0.5) is 5.69 Å². The molecule has 1 amide bonds. The Morgan fingerprint density at radius 1 is 1.10 bits per heavy atom. The lowest BCUT2D eigenvalue weighted by Gasteiger charge is -2.09. The summed E-state index contributed by atoms with van der Waals surface area (Å²) in [6.07, 6.45) is 4.95. The Kier molecular flexibility index (Phi) is 4.78. The lowest BCUT2D eigenvalue weighted by molar-refractivity contribution is 0.102. The molecule has 0 fully saturated rings. The number of nitrogens with zero attached hydrogens (tertiary/aromatic N) is 5. The maximum atomic E-state index is 12.4. The van der Waals surface area contributed by atoms with E-state index in [9.17, 15) is 4.79 Å². The Hall–Kier alpha value is -4.01. The van der Waals surface area contributed by atoms with Crippen LogP contribution in [0, 0.1) is 20.8 Å². The average molecular weight is 390 g/mol. The first-order valence-corrected chi connectivity index (χ1v) is 8.86. The summed E-state index contributed by atoms with van der Waals surface area (Å²) >= 11 is 0. The van der Waals surface area contributed by atoms with Gasteiger partial charge in [0.15, 0.2) is 0 Å². The largest absolute Gasteiger partial charge is 0.439 e. The van der Waals surface area contributed by atoms with E-state index in [2.05, 4.69) is 25.4 Å². The molecule has 9 heteroatoms. The Bertz CT molecular complexity index is 1140. The quantitative estimate of drug-likeness (QED) is 0.554. The van der Waals surface area contributed by atoms with E-state index >= 15 is 0 Å². The summed E-state index contributed by atoms with van der Waals surface area (Å²) in [6.45, 7) is 5.31. The first-order valence-electron chi connectivity index (χ1n) is 8.86. The van der Waals surface area contributed by atoms with Crippen molar-refractivity contribution in [2.24, 2.45) is 0 Å². The minimum Gasteiger partial charge on any atom is -0.439 e. The number of hydrogen-bond acceptors (Lipinski definition) is 7. The molecule has 1 N–H and O–H groups in total. The molecule has 0 unspecified atom stereocenters. The summed E-state index contributed by atoms with van der Waals surface area (Å²) in [4.78, 5) is 25.0. The summed E-state index contributed by atoms with van der Waals surface area (Å²) in [5.74, 6) is 2.66. The Morgan fingerprint density at radius 3 is 2.55 bits per heavy atom. The molecule has 1 aromatic carbocycles. The van der Waals surface area contributed by atoms with Gasteiger partial charge in [-0.2, -0.15) is 0 Å². The number of imidazole rings is 1. The monoisotopic (exact) mass is 390 g/mol. The minimum absolute atomic E-state index is 0.272. The van der Waals surface area contributed by atoms with E-state index < -0.39 is 0 Å². The Labute approximate surface area is 166 Å². The Balaban J connectivity index is 1.46. The summed E-state index contributed by atoms with van der Waals surface area (Å²) < 4.78 is 12.7. The van der Waals surface area contributed by atoms with E-state index in [0.717, 1.165) is 5.82 Å². The zero-order valence-corrected chi connectivity index (χ0v) is 16.1. The SMILES string of the molecule is Cc1noc(C)c1C(=O)Nc1ccc(Oc2cc(-n3ccnc3C)ncn2)cc1. The molecular formula is C20H18N6O3. The van der Waals surface area contributed by atoms with Gasteiger partial charge in [-0.25, -0.2) is 15.0 Å². The second-order valence-corrected chi connectivity index (χ2v) is 6.34. The van der Waals surface area contributed by atoms with Crippen molar-refractivity contribution in [3.8, 4) is 17.4 Å². The second-order valence-electron chi connectivity index (χ2n) is 6.34. The van der Waals surface area contributed by atoms with E-state index in [4.69, 9.17) is 9.26 Å². The molecule has 4 rings (SSSR count). The van der Waals surface area contributed by atoms with Gasteiger partial charge in [-0.1, -0.05) is 5.16 Å². The number of amides is 1. The fraction of sp³-hybridized carbons (Fsp3) is 0.150. The van der Waals surface area contributed by atoms with Gasteiger partial charge in [0.25, 0.3) is 5.91 Å². The molecule has 0 atom stereocenters. The molecule has 9 nitrogen and oxygen atoms in total. The van der Waals surface area contributed by atoms with Crippen LogP contribution < -0.4 is 10.1 Å². The smallest absolute Gasteiger partial charge is 0.261 e. The van der Waals surface area contributed by atoms with Crippen LogP contribution in [0.3, 0.4) is 0 Å². The molecule has 0 radical (unpaired) electrons. The number of nitrogens with one attached hydrogen (secondary N) is 1. The predicted molar refractivity (Wildman–Crippen MR) is 104 cm³/mol. The van der Waals surface area contributed by atoms with E-state index in [1.165, 1.54) is 6.33 Å². The highest BCUT2D eigenvalue weighted by Crippen LogP contribution is 2.23. The highest BCUT2D eigenvalue weighted by atomic mass is 16.5. The predicted octanol–water partition coefficient (Wildman–Crippen LogP) is 3.62. The minimum atomic E-state index is -0.272. The molecule has 0 saturated heterocycles. The molecule has 3 heterocycles. The zero-order chi connectivity index (χ0) is 20.4. The third-order valence-electron chi connectivity index (χ3n) is 4.30. The number of carbonyl (C=O) groups is 1. The lowest BCUT2D eigenvalue weighted by Crippen LogP contribution is -2.13. The van der Waals surface area contributed by atoms with E-state index in [0.29, 0.717) is 40.2 Å². The topological polar surface area (TPSA) is 108 Å². The van der Waals surface area contributed by atoms with Gasteiger partial charge in [0.2, 0.25) is 5.88 Å². The van der Waals surface area contributed by atoms with Crippen LogP contribution in [0.5, 0.6) is 11.6 Å². The summed E-state index contributed by atoms with van der Waals surface area (Å²) in [6, 6.07) is 8.70. The van der Waals surface area contributed by atoms with Gasteiger partial charge < -0.3 is 14.6 Å². The maximum absolute atomic E-state index is 12.4. The van der Waals surface area contributed by atoms with Crippen molar-refractivity contribution in [3.63, 3.8) is 0 Å². The molecule has 4 aromatic rings. The van der Waals surface area contributed by atoms with E-state index in [1.807, 2.05) is 17.7 Å². The third-order valence-corrected chi connectivity index (χ3v) is 4.30. The van der Waals surface area contributed by atoms with Gasteiger partial charge in [0.05, 0.1) is 5.69 Å². The van der Waals surface area contributed by atoms with Gasteiger partial charge in [-0.3, -0.25) is 9.36 Å². The fourth-order valence-corrected chi connectivity index (χ4v) is 2.87. The molecule has 0 aliphatic heterocycles. The van der Waals surface area contributed by atoms with Crippen molar-refractivity contribution in [1.29, 1.82) is 0 Å². The summed E-state index contributed by atoms with van der Waals surface area (Å²) in [7, 11) is 0. The molecule has 0 aliphatic carbocycles. The molecule has 0 aliphatic rings. The normalized spacial score (nSPS) is 10.7. The average Bonchev–Trinajstić information content (AvgIpc) is 3.28. The number of ether oxygens (including phenoxy) is 1. The molecule has 3 aromatic heterocycles. The van der Waals surface area contributed by atoms with Crippen LogP contribution in [0.1, 0.15) is 27.6 Å². The highest BCUT2D eigenvalue weighted by molar-refractivity contribution is 6.05. The first kappa shape index (κ1) is 18.4. The fourth-order valence-electron chi connectivity index (χ4n) is 2.87. The summed E-state index contributed by atoms with van der Waals surface area (Å²) in [5, 5.41) is 6.62. The maximum Gasteiger partial charge on any atom is 0.261 e. The van der Waals surface area contributed by atoms with Gasteiger partial charge in [0.1, 0.15) is 35.0 Å². The van der Waals surface area contributed by atoms with Crippen molar-refractivity contribution >= 4 is 11.6 Å². The van der Waals surface area contributed by atoms with Crippen molar-refractivity contribution in [2.75, 3.05) is 5.32 Å². The van der Waals surface area contributed by atoms with Gasteiger partial charge in [-0.15, -0.1) is 0 Å². The Morgan fingerprint density at radius 2 is 1.90 bits per heavy atom. The van der Waals surface area contributed by atoms with Crippen molar-refractivity contribution in [2.45, 2.75) is 20.8 Å². The van der Waals surface area contributed by atoms with Crippen molar-refractivity contribution in [3.05, 3.63) is 71.9 Å². The first-order chi connectivity index (χ1) is 14.0. The van der Waals surface area contributed by atoms with Crippen LogP contribution in [0.25, 0.3) is 5.82 Å². The summed E-state index contributed by atoms with van der Waals surface area (Å²) in [5.41, 5.74) is 1.61. The standard InChI is InChI=1S/C20H18N6O3/c1-12-19(13(2)29-25-12)20(27)24-15-4-6-16(7-5-15)28-18-10-17(22-11-23-18)26-9-8-21-14(26)3/h4-11H,1-3H3,(H,24,27). The van der Waals surface area contributed by atoms with Gasteiger partial charge in [-0.05, 0) is 45.0 Å². The van der Waals surface area contributed by atoms with Crippen LogP contribution in [0.15, 0.2) is 53.6 Å². The number of aromatic nitrogens is 5. The number of hydrogen-bond donors (Lipinski definition) is 1. The zero-order valence-electron chi connectivity index (χ0n) is 16.1. The van der Waals surface area contributed by atoms with E-state index in [-0.39, 0.29) is 5.91 Å². The second kappa shape index (κ2) is 7.55. The molecule has 29 heavy (non-hydrogen) atoms. The molecule has 0 spiro atoms. The van der Waals surface area contributed by atoms with Crippen LogP contribution in [-0.2, 0) is 0 Å². The number of benzene rings is 1. The van der Waals surface area contributed by atoms with Crippen molar-refractivity contribution < 1.29 is 14.1 Å².